The van der Waals surface area contributed by atoms with Gasteiger partial charge in [0.15, 0.2) is 5.65 Å². The third-order valence-electron chi connectivity index (χ3n) is 4.89. The van der Waals surface area contributed by atoms with E-state index >= 15 is 0 Å². The number of amides is 1. The summed E-state index contributed by atoms with van der Waals surface area (Å²) in [6.45, 7) is 2.42. The van der Waals surface area contributed by atoms with Crippen LogP contribution in [0.2, 0.25) is 0 Å². The van der Waals surface area contributed by atoms with Gasteiger partial charge >= 0.3 is 6.09 Å². The van der Waals surface area contributed by atoms with Crippen molar-refractivity contribution in [3.05, 3.63) is 60.0 Å². The zero-order valence-corrected chi connectivity index (χ0v) is 15.7. The van der Waals surface area contributed by atoms with Gasteiger partial charge in [-0.3, -0.25) is 0 Å². The number of carbonyl (C=O) groups is 1. The predicted octanol–water partition coefficient (Wildman–Crippen LogP) is 3.83. The van der Waals surface area contributed by atoms with Crippen LogP contribution in [-0.2, 0) is 23.8 Å². The minimum absolute atomic E-state index is 0.257. The first-order valence-corrected chi connectivity index (χ1v) is 9.60. The van der Waals surface area contributed by atoms with Crippen molar-refractivity contribution in [3.8, 4) is 0 Å². The highest BCUT2D eigenvalue weighted by atomic mass is 35.5. The number of hydrogen-bond acceptors (Lipinski definition) is 4. The highest BCUT2D eigenvalue weighted by Crippen LogP contribution is 2.23. The van der Waals surface area contributed by atoms with Crippen molar-refractivity contribution in [1.82, 2.24) is 19.4 Å². The monoisotopic (exact) mass is 384 g/mol. The van der Waals surface area contributed by atoms with Crippen LogP contribution in [-0.4, -0.2) is 38.6 Å². The van der Waals surface area contributed by atoms with Crippen LogP contribution >= 0.6 is 11.6 Å². The third-order valence-corrected chi connectivity index (χ3v) is 5.13. The second kappa shape index (κ2) is 7.96. The summed E-state index contributed by atoms with van der Waals surface area (Å²) < 4.78 is 7.52. The number of imidazole rings is 1. The van der Waals surface area contributed by atoms with Crippen LogP contribution in [0, 0.1) is 5.92 Å². The van der Waals surface area contributed by atoms with Gasteiger partial charge in [-0.2, -0.15) is 0 Å². The van der Waals surface area contributed by atoms with Crippen LogP contribution in [0.4, 0.5) is 4.79 Å². The fraction of sp³-hybridized carbons (Fsp3) is 0.350. The first-order valence-electron chi connectivity index (χ1n) is 9.06. The topological polar surface area (TPSA) is 60.2 Å². The molecule has 6 nitrogen and oxygen atoms in total. The fourth-order valence-electron chi connectivity index (χ4n) is 3.52. The third kappa shape index (κ3) is 3.90. The second-order valence-electron chi connectivity index (χ2n) is 6.76. The van der Waals surface area contributed by atoms with E-state index in [0.717, 1.165) is 35.5 Å². The van der Waals surface area contributed by atoms with Crippen molar-refractivity contribution in [2.75, 3.05) is 13.1 Å². The molecule has 3 aromatic rings. The van der Waals surface area contributed by atoms with Gasteiger partial charge in [0, 0.05) is 25.8 Å². The Morgan fingerprint density at radius 1 is 1.22 bits per heavy atom. The molecule has 0 bridgehead atoms. The molecule has 3 heterocycles. The SMILES string of the molecule is O=C(OCc1ccccc1)N1CCC(Cn2c(CCl)nc3cccnc32)C1. The molecule has 0 radical (unpaired) electrons. The van der Waals surface area contributed by atoms with Crippen molar-refractivity contribution in [1.29, 1.82) is 0 Å². The molecule has 4 rings (SSSR count). The van der Waals surface area contributed by atoms with E-state index in [-0.39, 0.29) is 6.09 Å². The minimum atomic E-state index is -0.257. The van der Waals surface area contributed by atoms with E-state index in [0.29, 0.717) is 31.5 Å². The summed E-state index contributed by atoms with van der Waals surface area (Å²) >= 11 is 6.07. The Morgan fingerprint density at radius 3 is 2.89 bits per heavy atom. The maximum atomic E-state index is 12.4. The number of pyridine rings is 1. The number of alkyl halides is 1. The van der Waals surface area contributed by atoms with E-state index in [2.05, 4.69) is 14.5 Å². The Labute approximate surface area is 162 Å². The van der Waals surface area contributed by atoms with Crippen molar-refractivity contribution in [3.63, 3.8) is 0 Å². The number of benzene rings is 1. The minimum Gasteiger partial charge on any atom is -0.445 e. The summed E-state index contributed by atoms with van der Waals surface area (Å²) in [5.74, 6) is 1.48. The van der Waals surface area contributed by atoms with Gasteiger partial charge in [-0.05, 0) is 30.0 Å². The van der Waals surface area contributed by atoms with Gasteiger partial charge in [0.1, 0.15) is 17.9 Å². The first-order chi connectivity index (χ1) is 13.2. The van der Waals surface area contributed by atoms with Crippen LogP contribution in [0.25, 0.3) is 11.2 Å². The lowest BCUT2D eigenvalue weighted by Gasteiger charge is -2.17. The van der Waals surface area contributed by atoms with Crippen LogP contribution < -0.4 is 0 Å². The first kappa shape index (κ1) is 17.8. The lowest BCUT2D eigenvalue weighted by molar-refractivity contribution is 0.103. The zero-order chi connectivity index (χ0) is 18.6. The summed E-state index contributed by atoms with van der Waals surface area (Å²) in [4.78, 5) is 23.1. The molecule has 1 fully saturated rings. The van der Waals surface area contributed by atoms with Gasteiger partial charge < -0.3 is 14.2 Å². The smallest absolute Gasteiger partial charge is 0.410 e. The van der Waals surface area contributed by atoms with E-state index < -0.39 is 0 Å². The number of likely N-dealkylation sites (tertiary alicyclic amines) is 1. The average Bonchev–Trinajstić information content (AvgIpc) is 3.32. The molecule has 7 heteroatoms. The molecule has 140 valence electrons. The Kier molecular flexibility index (Phi) is 5.25. The molecular formula is C20H21ClN4O2. The number of nitrogens with zero attached hydrogens (tertiary/aromatic N) is 4. The average molecular weight is 385 g/mol. The maximum Gasteiger partial charge on any atom is 0.410 e. The Morgan fingerprint density at radius 2 is 2.07 bits per heavy atom. The number of carbonyl (C=O) groups excluding carboxylic acids is 1. The van der Waals surface area contributed by atoms with Gasteiger partial charge in [0.05, 0.1) is 5.88 Å². The predicted molar refractivity (Wildman–Crippen MR) is 103 cm³/mol. The highest BCUT2D eigenvalue weighted by molar-refractivity contribution is 6.16. The number of halogens is 1. The molecular weight excluding hydrogens is 364 g/mol. The van der Waals surface area contributed by atoms with Crippen molar-refractivity contribution in [2.45, 2.75) is 25.5 Å². The summed E-state index contributed by atoms with van der Waals surface area (Å²) in [5, 5.41) is 0. The molecule has 0 aliphatic carbocycles. The number of rotatable bonds is 5. The largest absolute Gasteiger partial charge is 0.445 e. The molecule has 0 saturated carbocycles. The van der Waals surface area contributed by atoms with Gasteiger partial charge in [-0.25, -0.2) is 14.8 Å². The molecule has 1 aliphatic rings. The van der Waals surface area contributed by atoms with Crippen molar-refractivity contribution in [2.24, 2.45) is 5.92 Å². The van der Waals surface area contributed by atoms with Gasteiger partial charge in [-0.1, -0.05) is 30.3 Å². The summed E-state index contributed by atoms with van der Waals surface area (Å²) in [5.41, 5.74) is 2.69. The molecule has 1 aromatic carbocycles. The molecule has 1 amide bonds. The number of aromatic nitrogens is 3. The second-order valence-corrected chi connectivity index (χ2v) is 7.03. The van der Waals surface area contributed by atoms with E-state index in [9.17, 15) is 4.79 Å². The molecule has 0 N–H and O–H groups in total. The Hall–Kier alpha value is -2.60. The lowest BCUT2D eigenvalue weighted by Crippen LogP contribution is -2.29. The van der Waals surface area contributed by atoms with Crippen LogP contribution in [0.3, 0.4) is 0 Å². The molecule has 27 heavy (non-hydrogen) atoms. The lowest BCUT2D eigenvalue weighted by atomic mass is 10.1. The van der Waals surface area contributed by atoms with E-state index in [1.165, 1.54) is 0 Å². The molecule has 1 atom stereocenters. The van der Waals surface area contributed by atoms with Gasteiger partial charge in [0.25, 0.3) is 0 Å². The Balaban J connectivity index is 1.38. The molecule has 1 saturated heterocycles. The van der Waals surface area contributed by atoms with E-state index in [1.807, 2.05) is 42.5 Å². The number of hydrogen-bond donors (Lipinski definition) is 0. The molecule has 1 unspecified atom stereocenters. The summed E-state index contributed by atoms with van der Waals surface area (Å²) in [7, 11) is 0. The van der Waals surface area contributed by atoms with E-state index in [1.54, 1.807) is 11.1 Å². The van der Waals surface area contributed by atoms with Gasteiger partial charge in [-0.15, -0.1) is 11.6 Å². The Bertz CT molecular complexity index is 928. The molecule has 2 aromatic heterocycles. The molecule has 0 spiro atoms. The van der Waals surface area contributed by atoms with Gasteiger partial charge in [0.2, 0.25) is 0 Å². The maximum absolute atomic E-state index is 12.4. The van der Waals surface area contributed by atoms with E-state index in [4.69, 9.17) is 16.3 Å². The summed E-state index contributed by atoms with van der Waals surface area (Å²) in [6, 6.07) is 13.5. The zero-order valence-electron chi connectivity index (χ0n) is 14.9. The summed E-state index contributed by atoms with van der Waals surface area (Å²) in [6.07, 6.45) is 2.43. The number of ether oxygens (including phenoxy) is 1. The fourth-order valence-corrected chi connectivity index (χ4v) is 3.72. The number of fused-ring (bicyclic) bond motifs is 1. The molecule has 1 aliphatic heterocycles. The standard InChI is InChI=1S/C20H21ClN4O2/c21-11-18-23-17-7-4-9-22-19(17)25(18)13-16-8-10-24(12-16)20(26)27-14-15-5-2-1-3-6-15/h1-7,9,16H,8,10-14H2. The normalized spacial score (nSPS) is 16.8. The van der Waals surface area contributed by atoms with Crippen molar-refractivity contribution >= 4 is 28.9 Å². The van der Waals surface area contributed by atoms with Crippen molar-refractivity contribution < 1.29 is 9.53 Å². The van der Waals surface area contributed by atoms with Crippen LogP contribution in [0.15, 0.2) is 48.7 Å². The van der Waals surface area contributed by atoms with Crippen LogP contribution in [0.5, 0.6) is 0 Å². The van der Waals surface area contributed by atoms with Crippen LogP contribution in [0.1, 0.15) is 17.8 Å². The quantitative estimate of drug-likeness (QED) is 0.627. The highest BCUT2D eigenvalue weighted by Gasteiger charge is 2.28.